The standard InChI is InChI=1S/C23H14Cl3NO4/c24-14-4-1-3-13(9-14)21(29)19-20(12-7-8-18(28)17(26)10-12)27(23(31)22(19)30)16-6-2-5-15(25)11-16/h1-11,20,28-29H/b21-19-. The third-order valence-corrected chi connectivity index (χ3v) is 5.69. The summed E-state index contributed by atoms with van der Waals surface area (Å²) in [6, 6.07) is 16.1. The summed E-state index contributed by atoms with van der Waals surface area (Å²) in [5, 5.41) is 21.6. The van der Waals surface area contributed by atoms with E-state index in [9.17, 15) is 19.8 Å². The number of rotatable bonds is 3. The second kappa shape index (κ2) is 8.27. The summed E-state index contributed by atoms with van der Waals surface area (Å²) in [5.74, 6) is -2.23. The molecule has 31 heavy (non-hydrogen) atoms. The van der Waals surface area contributed by atoms with Gasteiger partial charge in [-0.25, -0.2) is 0 Å². The van der Waals surface area contributed by atoms with E-state index in [2.05, 4.69) is 0 Å². The molecule has 1 aliphatic rings. The minimum atomic E-state index is -1.00. The number of hydrogen-bond donors (Lipinski definition) is 2. The summed E-state index contributed by atoms with van der Waals surface area (Å²) < 4.78 is 0. The number of aliphatic hydroxyl groups is 1. The minimum absolute atomic E-state index is 0.0388. The van der Waals surface area contributed by atoms with Crippen molar-refractivity contribution in [2.45, 2.75) is 6.04 Å². The number of hydrogen-bond acceptors (Lipinski definition) is 4. The van der Waals surface area contributed by atoms with E-state index >= 15 is 0 Å². The van der Waals surface area contributed by atoms with Crippen LogP contribution in [0.1, 0.15) is 17.2 Å². The van der Waals surface area contributed by atoms with Crippen molar-refractivity contribution in [2.75, 3.05) is 4.90 Å². The number of halogens is 3. The molecule has 3 aromatic carbocycles. The van der Waals surface area contributed by atoms with Crippen molar-refractivity contribution < 1.29 is 19.8 Å². The lowest BCUT2D eigenvalue weighted by molar-refractivity contribution is -0.132. The van der Waals surface area contributed by atoms with E-state index in [0.717, 1.165) is 0 Å². The lowest BCUT2D eigenvalue weighted by Gasteiger charge is -2.25. The van der Waals surface area contributed by atoms with Gasteiger partial charge in [-0.2, -0.15) is 0 Å². The first kappa shape index (κ1) is 21.2. The number of phenols is 1. The second-order valence-corrected chi connectivity index (χ2v) is 8.15. The molecule has 4 rings (SSSR count). The Labute approximate surface area is 192 Å². The molecule has 0 aliphatic carbocycles. The maximum atomic E-state index is 13.1. The summed E-state index contributed by atoms with van der Waals surface area (Å²) in [5.41, 5.74) is 0.944. The molecule has 5 nitrogen and oxygen atoms in total. The van der Waals surface area contributed by atoms with Gasteiger partial charge in [0.1, 0.15) is 11.5 Å². The molecule has 0 aromatic heterocycles. The van der Waals surface area contributed by atoms with Crippen LogP contribution in [0.3, 0.4) is 0 Å². The molecule has 1 amide bonds. The first-order valence-electron chi connectivity index (χ1n) is 9.09. The van der Waals surface area contributed by atoms with E-state index in [4.69, 9.17) is 34.8 Å². The molecule has 1 heterocycles. The predicted octanol–water partition coefficient (Wildman–Crippen LogP) is 5.98. The Morgan fingerprint density at radius 2 is 1.55 bits per heavy atom. The van der Waals surface area contributed by atoms with Crippen LogP contribution in [0, 0.1) is 0 Å². The van der Waals surface area contributed by atoms with Crippen molar-refractivity contribution in [3.05, 3.63) is 98.5 Å². The number of Topliss-reactive ketones (excluding diaryl/α,β-unsaturated/α-hetero) is 1. The molecule has 1 unspecified atom stereocenters. The number of carbonyl (C=O) groups is 2. The molecular formula is C23H14Cl3NO4. The average molecular weight is 475 g/mol. The number of ketones is 1. The third-order valence-electron chi connectivity index (χ3n) is 4.92. The summed E-state index contributed by atoms with van der Waals surface area (Å²) in [6.45, 7) is 0. The number of phenolic OH excluding ortho intramolecular Hbond substituents is 1. The van der Waals surface area contributed by atoms with Crippen LogP contribution in [0.25, 0.3) is 5.76 Å². The number of aromatic hydroxyl groups is 1. The van der Waals surface area contributed by atoms with Crippen LogP contribution >= 0.6 is 34.8 Å². The number of amides is 1. The molecule has 0 spiro atoms. The van der Waals surface area contributed by atoms with Crippen LogP contribution in [-0.4, -0.2) is 21.9 Å². The highest BCUT2D eigenvalue weighted by Gasteiger charge is 2.47. The first-order valence-corrected chi connectivity index (χ1v) is 10.2. The second-order valence-electron chi connectivity index (χ2n) is 6.87. The van der Waals surface area contributed by atoms with Crippen LogP contribution in [0.5, 0.6) is 5.75 Å². The van der Waals surface area contributed by atoms with Gasteiger partial charge in [-0.05, 0) is 48.0 Å². The summed E-state index contributed by atoms with van der Waals surface area (Å²) in [6.07, 6.45) is 0. The number of benzene rings is 3. The van der Waals surface area contributed by atoms with Crippen LogP contribution < -0.4 is 4.90 Å². The molecule has 0 saturated carbocycles. The number of nitrogens with zero attached hydrogens (tertiary/aromatic N) is 1. The van der Waals surface area contributed by atoms with Crippen molar-refractivity contribution in [3.8, 4) is 5.75 Å². The molecule has 0 radical (unpaired) electrons. The Hall–Kier alpha value is -2.99. The van der Waals surface area contributed by atoms with E-state index in [-0.39, 0.29) is 27.7 Å². The molecule has 2 N–H and O–H groups in total. The van der Waals surface area contributed by atoms with Crippen molar-refractivity contribution in [2.24, 2.45) is 0 Å². The molecule has 1 fully saturated rings. The van der Waals surface area contributed by atoms with Gasteiger partial charge in [-0.15, -0.1) is 0 Å². The molecule has 1 saturated heterocycles. The van der Waals surface area contributed by atoms with Crippen LogP contribution in [0.15, 0.2) is 72.3 Å². The molecule has 1 atom stereocenters. The maximum absolute atomic E-state index is 13.1. The largest absolute Gasteiger partial charge is 0.507 e. The Balaban J connectivity index is 1.98. The lowest BCUT2D eigenvalue weighted by atomic mass is 9.95. The van der Waals surface area contributed by atoms with E-state index in [1.165, 1.54) is 29.2 Å². The fourth-order valence-corrected chi connectivity index (χ4v) is 4.09. The zero-order valence-electron chi connectivity index (χ0n) is 15.7. The SMILES string of the molecule is O=C1C(=O)N(c2cccc(Cl)c2)C(c2ccc(O)c(Cl)c2)/C1=C(/O)c1cccc(Cl)c1. The number of anilines is 1. The monoisotopic (exact) mass is 473 g/mol. The Kier molecular flexibility index (Phi) is 5.67. The first-order chi connectivity index (χ1) is 14.8. The Morgan fingerprint density at radius 3 is 2.19 bits per heavy atom. The van der Waals surface area contributed by atoms with Gasteiger partial charge in [0.25, 0.3) is 11.7 Å². The van der Waals surface area contributed by atoms with E-state index in [1.807, 2.05) is 0 Å². The van der Waals surface area contributed by atoms with E-state index in [1.54, 1.807) is 42.5 Å². The third kappa shape index (κ3) is 3.88. The van der Waals surface area contributed by atoms with Crippen molar-refractivity contribution in [1.82, 2.24) is 0 Å². The van der Waals surface area contributed by atoms with Gasteiger partial charge in [0, 0.05) is 21.3 Å². The van der Waals surface area contributed by atoms with Crippen molar-refractivity contribution in [3.63, 3.8) is 0 Å². The van der Waals surface area contributed by atoms with Gasteiger partial charge in [0.2, 0.25) is 0 Å². The number of carbonyl (C=O) groups excluding carboxylic acids is 2. The summed E-state index contributed by atoms with van der Waals surface area (Å²) in [4.78, 5) is 27.3. The van der Waals surface area contributed by atoms with Crippen LogP contribution in [0.4, 0.5) is 5.69 Å². The minimum Gasteiger partial charge on any atom is -0.507 e. The summed E-state index contributed by atoms with van der Waals surface area (Å²) in [7, 11) is 0. The predicted molar refractivity (Wildman–Crippen MR) is 121 cm³/mol. The van der Waals surface area contributed by atoms with Gasteiger partial charge < -0.3 is 10.2 Å². The average Bonchev–Trinajstić information content (AvgIpc) is 3.00. The molecule has 156 valence electrons. The topological polar surface area (TPSA) is 77.8 Å². The fraction of sp³-hybridized carbons (Fsp3) is 0.0435. The van der Waals surface area contributed by atoms with E-state index in [0.29, 0.717) is 21.3 Å². The van der Waals surface area contributed by atoms with E-state index < -0.39 is 17.7 Å². The molecule has 1 aliphatic heterocycles. The Bertz CT molecular complexity index is 1260. The van der Waals surface area contributed by atoms with Gasteiger partial charge in [-0.3, -0.25) is 14.5 Å². The number of aliphatic hydroxyl groups excluding tert-OH is 1. The van der Waals surface area contributed by atoms with Crippen LogP contribution in [0.2, 0.25) is 15.1 Å². The Morgan fingerprint density at radius 1 is 0.871 bits per heavy atom. The van der Waals surface area contributed by atoms with Crippen molar-refractivity contribution in [1.29, 1.82) is 0 Å². The normalized spacial score (nSPS) is 17.9. The van der Waals surface area contributed by atoms with Crippen LogP contribution in [-0.2, 0) is 9.59 Å². The van der Waals surface area contributed by atoms with Gasteiger partial charge in [0.15, 0.2) is 0 Å². The summed E-state index contributed by atoms with van der Waals surface area (Å²) >= 11 is 18.2. The fourth-order valence-electron chi connectivity index (χ4n) is 3.52. The molecule has 0 bridgehead atoms. The maximum Gasteiger partial charge on any atom is 0.300 e. The molecule has 3 aromatic rings. The highest BCUT2D eigenvalue weighted by Crippen LogP contribution is 2.44. The lowest BCUT2D eigenvalue weighted by Crippen LogP contribution is -2.29. The zero-order chi connectivity index (χ0) is 22.3. The highest BCUT2D eigenvalue weighted by molar-refractivity contribution is 6.52. The zero-order valence-corrected chi connectivity index (χ0v) is 18.0. The quantitative estimate of drug-likeness (QED) is 0.278. The van der Waals surface area contributed by atoms with Gasteiger partial charge in [0.05, 0.1) is 16.6 Å². The molecular weight excluding hydrogens is 461 g/mol. The van der Waals surface area contributed by atoms with Gasteiger partial charge >= 0.3 is 0 Å². The van der Waals surface area contributed by atoms with Crippen molar-refractivity contribution >= 4 is 57.9 Å². The smallest absolute Gasteiger partial charge is 0.300 e. The van der Waals surface area contributed by atoms with Gasteiger partial charge in [-0.1, -0.05) is 59.1 Å². The highest BCUT2D eigenvalue weighted by atomic mass is 35.5. The molecule has 8 heteroatoms.